The third-order valence-electron chi connectivity index (χ3n) is 6.68. The largest absolute Gasteiger partial charge is 0.497 e. The Morgan fingerprint density at radius 2 is 1.81 bits per heavy atom. The van der Waals surface area contributed by atoms with E-state index >= 15 is 0 Å². The molecule has 1 heterocycles. The van der Waals surface area contributed by atoms with Gasteiger partial charge in [-0.3, -0.25) is 4.79 Å². The van der Waals surface area contributed by atoms with Gasteiger partial charge in [0, 0.05) is 42.3 Å². The number of fused-ring (bicyclic) bond motifs is 1. The van der Waals surface area contributed by atoms with Crippen LogP contribution in [0.1, 0.15) is 41.3 Å². The van der Waals surface area contributed by atoms with Crippen molar-refractivity contribution in [2.24, 2.45) is 0 Å². The Morgan fingerprint density at radius 3 is 2.59 bits per heavy atom. The molecule has 1 aromatic heterocycles. The van der Waals surface area contributed by atoms with Crippen LogP contribution in [0.3, 0.4) is 0 Å². The first-order valence-electron chi connectivity index (χ1n) is 13.0. The highest BCUT2D eigenvalue weighted by Crippen LogP contribution is 2.19. The monoisotopic (exact) mass is 499 g/mol. The van der Waals surface area contributed by atoms with Gasteiger partial charge in [0.15, 0.2) is 0 Å². The van der Waals surface area contributed by atoms with Crippen molar-refractivity contribution in [3.05, 3.63) is 102 Å². The van der Waals surface area contributed by atoms with E-state index in [9.17, 15) is 9.90 Å². The molecule has 0 aliphatic rings. The van der Waals surface area contributed by atoms with Gasteiger partial charge in [-0.05, 0) is 60.4 Å². The summed E-state index contributed by atoms with van der Waals surface area (Å²) in [6, 6.07) is 25.2. The molecule has 194 valence electrons. The number of aliphatic hydroxyl groups is 1. The Hall–Kier alpha value is -3.61. The molecule has 37 heavy (non-hydrogen) atoms. The Kier molecular flexibility index (Phi) is 9.35. The minimum atomic E-state index is -0.770. The first-order chi connectivity index (χ1) is 18.1. The molecule has 0 radical (unpaired) electrons. The maximum Gasteiger partial charge on any atom is 0.251 e. The Morgan fingerprint density at radius 1 is 1.00 bits per heavy atom. The lowest BCUT2D eigenvalue weighted by Gasteiger charge is -2.25. The number of aromatic nitrogens is 1. The predicted molar refractivity (Wildman–Crippen MR) is 149 cm³/mol. The standard InChI is InChI=1S/C31H37N3O3/c1-3-4-16-34-17-15-25-20-26(13-14-29(25)34)31(36)33-28(19-23-9-6-5-7-10-23)30(35)22-32-21-24-11-8-12-27(18-24)37-2/h5-15,17-18,20,28,30,32,35H,3-4,16,19,21-22H2,1-2H3,(H,33,36)/t28-,30+/m0/s1. The molecule has 6 heteroatoms. The molecule has 6 nitrogen and oxygen atoms in total. The molecule has 1 amide bonds. The number of nitrogens with zero attached hydrogens (tertiary/aromatic N) is 1. The number of benzene rings is 3. The van der Waals surface area contributed by atoms with E-state index in [1.165, 1.54) is 0 Å². The lowest BCUT2D eigenvalue weighted by Crippen LogP contribution is -2.48. The second-order valence-corrected chi connectivity index (χ2v) is 9.46. The SMILES string of the molecule is CCCCn1ccc2cc(C(=O)N[C@@H](Cc3ccccc3)[C@H](O)CNCc3cccc(OC)c3)ccc21. The third-order valence-corrected chi connectivity index (χ3v) is 6.68. The highest BCUT2D eigenvalue weighted by Gasteiger charge is 2.22. The molecule has 3 aromatic carbocycles. The van der Waals surface area contributed by atoms with Gasteiger partial charge in [-0.2, -0.15) is 0 Å². The average Bonchev–Trinajstić information content (AvgIpc) is 3.34. The number of rotatable bonds is 13. The van der Waals surface area contributed by atoms with E-state index in [-0.39, 0.29) is 5.91 Å². The van der Waals surface area contributed by atoms with E-state index in [2.05, 4.69) is 34.4 Å². The maximum atomic E-state index is 13.3. The molecule has 0 bridgehead atoms. The molecule has 2 atom stereocenters. The molecule has 0 saturated heterocycles. The summed E-state index contributed by atoms with van der Waals surface area (Å²) in [6.45, 7) is 4.09. The van der Waals surface area contributed by atoms with Crippen LogP contribution in [0, 0.1) is 0 Å². The van der Waals surface area contributed by atoms with Gasteiger partial charge >= 0.3 is 0 Å². The molecular formula is C31H37N3O3. The zero-order chi connectivity index (χ0) is 26.0. The van der Waals surface area contributed by atoms with Crippen molar-refractivity contribution in [1.82, 2.24) is 15.2 Å². The second-order valence-electron chi connectivity index (χ2n) is 9.46. The fourth-order valence-corrected chi connectivity index (χ4v) is 4.56. The Bertz CT molecular complexity index is 1290. The molecule has 0 spiro atoms. The number of aryl methyl sites for hydroxylation is 1. The van der Waals surface area contributed by atoms with Crippen molar-refractivity contribution >= 4 is 16.8 Å². The zero-order valence-corrected chi connectivity index (χ0v) is 21.7. The summed E-state index contributed by atoms with van der Waals surface area (Å²) in [7, 11) is 1.65. The van der Waals surface area contributed by atoms with Crippen LogP contribution in [-0.2, 0) is 19.5 Å². The number of hydrogen-bond donors (Lipinski definition) is 3. The molecule has 3 N–H and O–H groups in total. The van der Waals surface area contributed by atoms with Crippen LogP contribution < -0.4 is 15.4 Å². The zero-order valence-electron chi connectivity index (χ0n) is 21.7. The van der Waals surface area contributed by atoms with Crippen molar-refractivity contribution in [3.8, 4) is 5.75 Å². The van der Waals surface area contributed by atoms with Gasteiger partial charge in [-0.15, -0.1) is 0 Å². The summed E-state index contributed by atoms with van der Waals surface area (Å²) in [5, 5.41) is 18.6. The van der Waals surface area contributed by atoms with E-state index in [4.69, 9.17) is 4.74 Å². The second kappa shape index (κ2) is 13.1. The highest BCUT2D eigenvalue weighted by molar-refractivity contribution is 5.98. The van der Waals surface area contributed by atoms with Crippen molar-refractivity contribution in [3.63, 3.8) is 0 Å². The number of amides is 1. The van der Waals surface area contributed by atoms with Crippen molar-refractivity contribution < 1.29 is 14.6 Å². The minimum Gasteiger partial charge on any atom is -0.497 e. The van der Waals surface area contributed by atoms with Crippen molar-refractivity contribution in [2.45, 2.75) is 51.4 Å². The van der Waals surface area contributed by atoms with E-state index in [0.717, 1.165) is 47.2 Å². The van der Waals surface area contributed by atoms with Crippen LogP contribution in [0.25, 0.3) is 10.9 Å². The topological polar surface area (TPSA) is 75.5 Å². The number of methoxy groups -OCH3 is 1. The molecular weight excluding hydrogens is 462 g/mol. The first-order valence-corrected chi connectivity index (χ1v) is 13.0. The van der Waals surface area contributed by atoms with Crippen LogP contribution in [-0.4, -0.2) is 41.4 Å². The number of carbonyl (C=O) groups is 1. The maximum absolute atomic E-state index is 13.3. The highest BCUT2D eigenvalue weighted by atomic mass is 16.5. The van der Waals surface area contributed by atoms with Crippen LogP contribution in [0.5, 0.6) is 5.75 Å². The van der Waals surface area contributed by atoms with Crippen molar-refractivity contribution in [1.29, 1.82) is 0 Å². The van der Waals surface area contributed by atoms with Gasteiger partial charge in [0.1, 0.15) is 5.75 Å². The van der Waals surface area contributed by atoms with Gasteiger partial charge in [-0.25, -0.2) is 0 Å². The van der Waals surface area contributed by atoms with Crippen molar-refractivity contribution in [2.75, 3.05) is 13.7 Å². The van der Waals surface area contributed by atoms with Crippen LogP contribution >= 0.6 is 0 Å². The lowest BCUT2D eigenvalue weighted by molar-refractivity contribution is 0.0830. The summed E-state index contributed by atoms with van der Waals surface area (Å²) in [5.41, 5.74) is 3.85. The summed E-state index contributed by atoms with van der Waals surface area (Å²) >= 11 is 0. The van der Waals surface area contributed by atoms with Crippen LogP contribution in [0.4, 0.5) is 0 Å². The van der Waals surface area contributed by atoms with Gasteiger partial charge in [-0.1, -0.05) is 55.8 Å². The fraction of sp³-hybridized carbons (Fsp3) is 0.323. The number of nitrogens with one attached hydrogen (secondary N) is 2. The summed E-state index contributed by atoms with van der Waals surface area (Å²) in [5.74, 6) is 0.614. The number of ether oxygens (including phenoxy) is 1. The third kappa shape index (κ3) is 7.21. The molecule has 4 rings (SSSR count). The van der Waals surface area contributed by atoms with Gasteiger partial charge in [0.25, 0.3) is 5.91 Å². The van der Waals surface area contributed by atoms with E-state index in [1.54, 1.807) is 7.11 Å². The summed E-state index contributed by atoms with van der Waals surface area (Å²) in [4.78, 5) is 13.3. The smallest absolute Gasteiger partial charge is 0.251 e. The van der Waals surface area contributed by atoms with Gasteiger partial charge in [0.2, 0.25) is 0 Å². The molecule has 0 unspecified atom stereocenters. The average molecular weight is 500 g/mol. The molecule has 0 aliphatic heterocycles. The molecule has 0 fully saturated rings. The van der Waals surface area contributed by atoms with Gasteiger partial charge < -0.3 is 25.0 Å². The summed E-state index contributed by atoms with van der Waals surface area (Å²) in [6.07, 6.45) is 4.10. The van der Waals surface area contributed by atoms with E-state index in [0.29, 0.717) is 25.1 Å². The van der Waals surface area contributed by atoms with Crippen LogP contribution in [0.15, 0.2) is 85.1 Å². The minimum absolute atomic E-state index is 0.184. The fourth-order valence-electron chi connectivity index (χ4n) is 4.56. The Balaban J connectivity index is 1.44. The van der Waals surface area contributed by atoms with Crippen LogP contribution in [0.2, 0.25) is 0 Å². The van der Waals surface area contributed by atoms with E-state index in [1.807, 2.05) is 72.8 Å². The summed E-state index contributed by atoms with van der Waals surface area (Å²) < 4.78 is 7.52. The number of unbranched alkanes of at least 4 members (excludes halogenated alkanes) is 1. The molecule has 0 aliphatic carbocycles. The molecule has 0 saturated carbocycles. The quantitative estimate of drug-likeness (QED) is 0.244. The number of hydrogen-bond acceptors (Lipinski definition) is 4. The number of carbonyl (C=O) groups excluding carboxylic acids is 1. The first kappa shape index (κ1) is 26.5. The van der Waals surface area contributed by atoms with E-state index < -0.39 is 12.1 Å². The number of aliphatic hydroxyl groups excluding tert-OH is 1. The lowest BCUT2D eigenvalue weighted by atomic mass is 10.00. The predicted octanol–water partition coefficient (Wildman–Crippen LogP) is 4.94. The van der Waals surface area contributed by atoms with Gasteiger partial charge in [0.05, 0.1) is 19.3 Å². The molecule has 4 aromatic rings. The normalized spacial score (nSPS) is 12.8. The Labute approximate surface area is 219 Å².